The molecule has 1 unspecified atom stereocenters. The molecule has 1 heterocycles. The van der Waals surface area contributed by atoms with Gasteiger partial charge in [-0.25, -0.2) is 0 Å². The minimum Gasteiger partial charge on any atom is -0.285 e. The molecule has 1 heteroatoms. The fourth-order valence-electron chi connectivity index (χ4n) is 2.24. The molecule has 70 valence electrons. The maximum atomic E-state index is 4.57. The van der Waals surface area contributed by atoms with Crippen molar-refractivity contribution in [1.82, 2.24) is 0 Å². The van der Waals surface area contributed by atoms with Crippen LogP contribution in [0.3, 0.4) is 0 Å². The van der Waals surface area contributed by atoms with E-state index in [-0.39, 0.29) is 0 Å². The van der Waals surface area contributed by atoms with E-state index >= 15 is 0 Å². The molecule has 2 rings (SSSR count). The van der Waals surface area contributed by atoms with E-state index in [9.17, 15) is 0 Å². The van der Waals surface area contributed by atoms with E-state index in [0.29, 0.717) is 12.0 Å². The first kappa shape index (κ1) is 8.74. The zero-order valence-electron chi connectivity index (χ0n) is 8.51. The molecule has 0 aromatic heterocycles. The topological polar surface area (TPSA) is 12.4 Å². The van der Waals surface area contributed by atoms with Gasteiger partial charge in [0.25, 0.3) is 0 Å². The van der Waals surface area contributed by atoms with Crippen molar-refractivity contribution in [3.8, 4) is 0 Å². The lowest BCUT2D eigenvalue weighted by atomic mass is 9.84. The minimum atomic E-state index is 0.475. The van der Waals surface area contributed by atoms with Gasteiger partial charge in [-0.05, 0) is 36.3 Å². The quantitative estimate of drug-likeness (QED) is 0.543. The van der Waals surface area contributed by atoms with Crippen molar-refractivity contribution in [1.29, 1.82) is 0 Å². The average molecular weight is 175 g/mol. The van der Waals surface area contributed by atoms with Gasteiger partial charge in [-0.1, -0.05) is 26.0 Å². The van der Waals surface area contributed by atoms with Crippen LogP contribution in [0.15, 0.2) is 28.3 Å². The van der Waals surface area contributed by atoms with Gasteiger partial charge in [0.1, 0.15) is 0 Å². The summed E-state index contributed by atoms with van der Waals surface area (Å²) >= 11 is 0. The van der Waals surface area contributed by atoms with Gasteiger partial charge in [-0.15, -0.1) is 0 Å². The zero-order chi connectivity index (χ0) is 9.42. The highest BCUT2D eigenvalue weighted by molar-refractivity contribution is 5.84. The molecule has 0 fully saturated rings. The van der Waals surface area contributed by atoms with Crippen LogP contribution in [0.4, 0.5) is 0 Å². The van der Waals surface area contributed by atoms with Crippen molar-refractivity contribution in [2.45, 2.75) is 39.2 Å². The Morgan fingerprint density at radius 3 is 2.92 bits per heavy atom. The fourth-order valence-corrected chi connectivity index (χ4v) is 2.24. The van der Waals surface area contributed by atoms with Gasteiger partial charge in [0.15, 0.2) is 0 Å². The van der Waals surface area contributed by atoms with E-state index in [1.54, 1.807) is 5.57 Å². The zero-order valence-corrected chi connectivity index (χ0v) is 8.51. The second kappa shape index (κ2) is 3.13. The summed E-state index contributed by atoms with van der Waals surface area (Å²) in [6, 6.07) is 0.475. The van der Waals surface area contributed by atoms with Crippen molar-refractivity contribution in [2.24, 2.45) is 10.9 Å². The molecular formula is C12H17N. The van der Waals surface area contributed by atoms with Crippen molar-refractivity contribution in [2.75, 3.05) is 0 Å². The summed E-state index contributed by atoms with van der Waals surface area (Å²) in [6.45, 7) is 8.55. The maximum Gasteiger partial charge on any atom is 0.0738 e. The number of nitrogens with zero attached hydrogens (tertiary/aromatic N) is 1. The highest BCUT2D eigenvalue weighted by Crippen LogP contribution is 2.35. The normalized spacial score (nSPS) is 27.3. The van der Waals surface area contributed by atoms with Gasteiger partial charge in [0.2, 0.25) is 0 Å². The van der Waals surface area contributed by atoms with Gasteiger partial charge < -0.3 is 0 Å². The number of hydrogen-bond acceptors (Lipinski definition) is 1. The predicted molar refractivity (Wildman–Crippen MR) is 57.1 cm³/mol. The van der Waals surface area contributed by atoms with E-state index in [4.69, 9.17) is 0 Å². The van der Waals surface area contributed by atoms with E-state index in [1.807, 2.05) is 0 Å². The number of allylic oxidation sites excluding steroid dienone is 2. The van der Waals surface area contributed by atoms with Crippen LogP contribution in [0.2, 0.25) is 0 Å². The van der Waals surface area contributed by atoms with Gasteiger partial charge in [-0.3, -0.25) is 4.99 Å². The Morgan fingerprint density at radius 2 is 2.23 bits per heavy atom. The average Bonchev–Trinajstić information content (AvgIpc) is 2.46. The van der Waals surface area contributed by atoms with Crippen LogP contribution in [0.5, 0.6) is 0 Å². The molecule has 0 saturated carbocycles. The summed E-state index contributed by atoms with van der Waals surface area (Å²) in [6.07, 6.45) is 5.51. The van der Waals surface area contributed by atoms with Crippen molar-refractivity contribution in [3.05, 3.63) is 23.3 Å². The summed E-state index contributed by atoms with van der Waals surface area (Å²) in [5.74, 6) is 0.648. The van der Waals surface area contributed by atoms with Gasteiger partial charge in [0, 0.05) is 6.21 Å². The lowest BCUT2D eigenvalue weighted by Gasteiger charge is -2.21. The Balaban J connectivity index is 2.24. The van der Waals surface area contributed by atoms with Crippen LogP contribution < -0.4 is 0 Å². The maximum absolute atomic E-state index is 4.57. The third-order valence-corrected chi connectivity index (χ3v) is 2.98. The van der Waals surface area contributed by atoms with Crippen LogP contribution in [0.1, 0.15) is 33.1 Å². The highest BCUT2D eigenvalue weighted by atomic mass is 14.8. The highest BCUT2D eigenvalue weighted by Gasteiger charge is 2.26. The third-order valence-electron chi connectivity index (χ3n) is 2.98. The van der Waals surface area contributed by atoms with Crippen LogP contribution in [-0.2, 0) is 0 Å². The molecule has 0 aromatic carbocycles. The molecule has 1 aliphatic carbocycles. The van der Waals surface area contributed by atoms with Crippen LogP contribution in [0, 0.1) is 5.92 Å². The first-order valence-corrected chi connectivity index (χ1v) is 5.10. The number of rotatable bonds is 1. The standard InChI is InChI=1S/C12H17N/c1-8(2)12-11-5-4-9(3)6-10(11)7-13-12/h7-8,12H,3-6H2,1-2H3. The largest absolute Gasteiger partial charge is 0.285 e. The summed E-state index contributed by atoms with van der Waals surface area (Å²) in [7, 11) is 0. The van der Waals surface area contributed by atoms with Gasteiger partial charge >= 0.3 is 0 Å². The summed E-state index contributed by atoms with van der Waals surface area (Å²) < 4.78 is 0. The van der Waals surface area contributed by atoms with Crippen LogP contribution in [0.25, 0.3) is 0 Å². The number of aliphatic imine (C=N–C) groups is 1. The Kier molecular flexibility index (Phi) is 2.10. The minimum absolute atomic E-state index is 0.475. The summed E-state index contributed by atoms with van der Waals surface area (Å²) in [4.78, 5) is 4.57. The van der Waals surface area contributed by atoms with Gasteiger partial charge in [0.05, 0.1) is 6.04 Å². The molecule has 13 heavy (non-hydrogen) atoms. The van der Waals surface area contributed by atoms with Gasteiger partial charge in [-0.2, -0.15) is 0 Å². The first-order valence-electron chi connectivity index (χ1n) is 5.10. The Bertz CT molecular complexity index is 294. The molecule has 0 aromatic rings. The van der Waals surface area contributed by atoms with E-state index in [1.165, 1.54) is 24.0 Å². The molecule has 1 aliphatic heterocycles. The molecule has 0 radical (unpaired) electrons. The molecule has 0 amide bonds. The molecule has 0 spiro atoms. The van der Waals surface area contributed by atoms with Crippen molar-refractivity contribution >= 4 is 6.21 Å². The molecule has 0 N–H and O–H groups in total. The molecule has 0 saturated heterocycles. The van der Waals surface area contributed by atoms with E-state index in [0.717, 1.165) is 6.42 Å². The fraction of sp³-hybridized carbons (Fsp3) is 0.583. The lowest BCUT2D eigenvalue weighted by molar-refractivity contribution is 0.538. The molecule has 1 atom stereocenters. The summed E-state index contributed by atoms with van der Waals surface area (Å²) in [5.41, 5.74) is 4.41. The second-order valence-corrected chi connectivity index (χ2v) is 4.44. The first-order chi connectivity index (χ1) is 6.18. The molecular weight excluding hydrogens is 158 g/mol. The van der Waals surface area contributed by atoms with Crippen molar-refractivity contribution in [3.63, 3.8) is 0 Å². The molecule has 1 nitrogen and oxygen atoms in total. The Hall–Kier alpha value is -0.850. The van der Waals surface area contributed by atoms with Crippen molar-refractivity contribution < 1.29 is 0 Å². The van der Waals surface area contributed by atoms with E-state index < -0.39 is 0 Å². The SMILES string of the molecule is C=C1CCC2=C(C=NC2C(C)C)C1. The lowest BCUT2D eigenvalue weighted by Crippen LogP contribution is -2.15. The predicted octanol–water partition coefficient (Wildman–Crippen LogP) is 3.13. The smallest absolute Gasteiger partial charge is 0.0738 e. The third kappa shape index (κ3) is 1.48. The monoisotopic (exact) mass is 175 g/mol. The molecule has 0 bridgehead atoms. The second-order valence-electron chi connectivity index (χ2n) is 4.44. The van der Waals surface area contributed by atoms with Crippen LogP contribution in [-0.4, -0.2) is 12.3 Å². The molecule has 2 aliphatic rings. The number of hydrogen-bond donors (Lipinski definition) is 0. The van der Waals surface area contributed by atoms with Crippen LogP contribution >= 0.6 is 0 Å². The Morgan fingerprint density at radius 1 is 1.46 bits per heavy atom. The van der Waals surface area contributed by atoms with E-state index in [2.05, 4.69) is 31.6 Å². The summed E-state index contributed by atoms with van der Waals surface area (Å²) in [5, 5.41) is 0. The Labute approximate surface area is 80.3 Å².